The first-order valence-corrected chi connectivity index (χ1v) is 7.66. The fourth-order valence-electron chi connectivity index (χ4n) is 2.05. The number of thioether (sulfide) groups is 1. The lowest BCUT2D eigenvalue weighted by atomic mass is 10.0. The molecule has 1 aromatic rings. The monoisotopic (exact) mass is 270 g/mol. The summed E-state index contributed by atoms with van der Waals surface area (Å²) in [5.74, 6) is 0.933. The van der Waals surface area contributed by atoms with E-state index in [1.165, 1.54) is 6.07 Å². The minimum atomic E-state index is -0.198. The second-order valence-corrected chi connectivity index (χ2v) is 5.59. The third-order valence-electron chi connectivity index (χ3n) is 3.38. The van der Waals surface area contributed by atoms with Crippen LogP contribution in [-0.4, -0.2) is 36.5 Å². The predicted molar refractivity (Wildman–Crippen MR) is 78.4 cm³/mol. The highest BCUT2D eigenvalue weighted by molar-refractivity contribution is 7.98. The summed E-state index contributed by atoms with van der Waals surface area (Å²) >= 11 is 1.85. The van der Waals surface area contributed by atoms with E-state index in [9.17, 15) is 4.39 Å². The molecule has 0 fully saturated rings. The van der Waals surface area contributed by atoms with Gasteiger partial charge in [-0.1, -0.05) is 12.1 Å². The van der Waals surface area contributed by atoms with Gasteiger partial charge >= 0.3 is 0 Å². The number of benzene rings is 1. The van der Waals surface area contributed by atoms with E-state index in [2.05, 4.69) is 25.1 Å². The van der Waals surface area contributed by atoms with Crippen LogP contribution >= 0.6 is 11.8 Å². The number of hydrogen-bond acceptors (Lipinski definition) is 3. The third kappa shape index (κ3) is 4.26. The van der Waals surface area contributed by atoms with Gasteiger partial charge in [-0.3, -0.25) is 4.90 Å². The van der Waals surface area contributed by atoms with E-state index in [1.54, 1.807) is 12.1 Å². The molecule has 2 unspecified atom stereocenters. The van der Waals surface area contributed by atoms with Crippen LogP contribution in [-0.2, 0) is 0 Å². The maximum atomic E-state index is 13.3. The Kier molecular flexibility index (Phi) is 6.68. The van der Waals surface area contributed by atoms with Crippen molar-refractivity contribution in [3.8, 4) is 0 Å². The summed E-state index contributed by atoms with van der Waals surface area (Å²) in [5.41, 5.74) is 6.81. The van der Waals surface area contributed by atoms with Gasteiger partial charge in [0.05, 0.1) is 0 Å². The quantitative estimate of drug-likeness (QED) is 0.826. The summed E-state index contributed by atoms with van der Waals surface area (Å²) in [6, 6.07) is 7.25. The first kappa shape index (κ1) is 15.5. The maximum absolute atomic E-state index is 13.3. The SMILES string of the molecule is CSCCC(C)N(C)C(CN)c1cccc(F)c1. The Hall–Kier alpha value is -0.580. The molecule has 2 atom stereocenters. The van der Waals surface area contributed by atoms with Crippen molar-refractivity contribution < 1.29 is 4.39 Å². The fraction of sp³-hybridized carbons (Fsp3) is 0.571. The van der Waals surface area contributed by atoms with Crippen molar-refractivity contribution in [3.05, 3.63) is 35.6 Å². The molecule has 0 aliphatic heterocycles. The van der Waals surface area contributed by atoms with E-state index in [-0.39, 0.29) is 11.9 Å². The highest BCUT2D eigenvalue weighted by Gasteiger charge is 2.20. The molecule has 0 aliphatic rings. The molecule has 0 aromatic heterocycles. The van der Waals surface area contributed by atoms with Crippen LogP contribution in [0.5, 0.6) is 0 Å². The predicted octanol–water partition coefficient (Wildman–Crippen LogP) is 2.90. The zero-order chi connectivity index (χ0) is 13.5. The van der Waals surface area contributed by atoms with Crippen LogP contribution in [0.1, 0.15) is 24.9 Å². The van der Waals surface area contributed by atoms with Crippen LogP contribution in [0.4, 0.5) is 4.39 Å². The van der Waals surface area contributed by atoms with Gasteiger partial charge in [0, 0.05) is 18.6 Å². The van der Waals surface area contributed by atoms with E-state index in [1.807, 2.05) is 17.8 Å². The molecule has 1 aromatic carbocycles. The minimum absolute atomic E-state index is 0.0811. The summed E-state index contributed by atoms with van der Waals surface area (Å²) in [6.07, 6.45) is 3.23. The standard InChI is InChI=1S/C14H23FN2S/c1-11(7-8-18-3)17(2)14(10-16)12-5-4-6-13(15)9-12/h4-6,9,11,14H,7-8,10,16H2,1-3H3. The molecule has 0 heterocycles. The van der Waals surface area contributed by atoms with Crippen LogP contribution < -0.4 is 5.73 Å². The zero-order valence-corrected chi connectivity index (χ0v) is 12.2. The van der Waals surface area contributed by atoms with Gasteiger partial charge in [-0.05, 0) is 50.1 Å². The average Bonchev–Trinajstić information content (AvgIpc) is 2.36. The van der Waals surface area contributed by atoms with Gasteiger partial charge in [0.1, 0.15) is 5.82 Å². The van der Waals surface area contributed by atoms with E-state index in [0.29, 0.717) is 12.6 Å². The lowest BCUT2D eigenvalue weighted by Gasteiger charge is -2.32. The molecule has 0 aliphatic carbocycles. The first-order chi connectivity index (χ1) is 8.60. The number of rotatable bonds is 7. The van der Waals surface area contributed by atoms with Crippen LogP contribution in [0.25, 0.3) is 0 Å². The molecule has 0 saturated carbocycles. The number of hydrogen-bond donors (Lipinski definition) is 1. The molecule has 18 heavy (non-hydrogen) atoms. The van der Waals surface area contributed by atoms with Gasteiger partial charge < -0.3 is 5.73 Å². The van der Waals surface area contributed by atoms with Crippen LogP contribution in [0.15, 0.2) is 24.3 Å². The molecule has 0 saturated heterocycles. The van der Waals surface area contributed by atoms with E-state index in [4.69, 9.17) is 5.73 Å². The molecule has 0 radical (unpaired) electrons. The van der Waals surface area contributed by atoms with Crippen molar-refractivity contribution in [1.29, 1.82) is 0 Å². The second kappa shape index (κ2) is 7.77. The van der Waals surface area contributed by atoms with Crippen molar-refractivity contribution in [3.63, 3.8) is 0 Å². The third-order valence-corrected chi connectivity index (χ3v) is 4.03. The van der Waals surface area contributed by atoms with Gasteiger partial charge in [0.15, 0.2) is 0 Å². The Balaban J connectivity index is 2.76. The average molecular weight is 270 g/mol. The van der Waals surface area contributed by atoms with Crippen molar-refractivity contribution in [2.45, 2.75) is 25.4 Å². The summed E-state index contributed by atoms with van der Waals surface area (Å²) in [5, 5.41) is 0. The summed E-state index contributed by atoms with van der Waals surface area (Å²) in [4.78, 5) is 2.24. The van der Waals surface area contributed by atoms with Crippen molar-refractivity contribution in [2.75, 3.05) is 25.6 Å². The molecule has 2 nitrogen and oxygen atoms in total. The Labute approximate surface area is 114 Å². The summed E-state index contributed by atoms with van der Waals surface area (Å²) in [6.45, 7) is 2.70. The van der Waals surface area contributed by atoms with E-state index in [0.717, 1.165) is 17.7 Å². The zero-order valence-electron chi connectivity index (χ0n) is 11.4. The number of nitrogens with zero attached hydrogens (tertiary/aromatic N) is 1. The number of halogens is 1. The Morgan fingerprint density at radius 1 is 1.44 bits per heavy atom. The van der Waals surface area contributed by atoms with Gasteiger partial charge in [0.2, 0.25) is 0 Å². The topological polar surface area (TPSA) is 29.3 Å². The minimum Gasteiger partial charge on any atom is -0.329 e. The second-order valence-electron chi connectivity index (χ2n) is 4.60. The van der Waals surface area contributed by atoms with Gasteiger partial charge in [-0.2, -0.15) is 11.8 Å². The van der Waals surface area contributed by atoms with Crippen molar-refractivity contribution in [2.24, 2.45) is 5.73 Å². The highest BCUT2D eigenvalue weighted by atomic mass is 32.2. The molecule has 0 spiro atoms. The van der Waals surface area contributed by atoms with Gasteiger partial charge in [-0.25, -0.2) is 4.39 Å². The van der Waals surface area contributed by atoms with Crippen LogP contribution in [0.3, 0.4) is 0 Å². The highest BCUT2D eigenvalue weighted by Crippen LogP contribution is 2.22. The molecule has 4 heteroatoms. The van der Waals surface area contributed by atoms with Gasteiger partial charge in [-0.15, -0.1) is 0 Å². The Morgan fingerprint density at radius 2 is 2.17 bits per heavy atom. The Bertz CT molecular complexity index is 359. The van der Waals surface area contributed by atoms with Crippen LogP contribution in [0, 0.1) is 5.82 Å². The molecule has 0 bridgehead atoms. The maximum Gasteiger partial charge on any atom is 0.123 e. The van der Waals surface area contributed by atoms with Crippen molar-refractivity contribution >= 4 is 11.8 Å². The number of nitrogens with two attached hydrogens (primary N) is 1. The smallest absolute Gasteiger partial charge is 0.123 e. The molecular formula is C14H23FN2S. The van der Waals surface area contributed by atoms with E-state index >= 15 is 0 Å². The lowest BCUT2D eigenvalue weighted by molar-refractivity contribution is 0.185. The van der Waals surface area contributed by atoms with Crippen LogP contribution in [0.2, 0.25) is 0 Å². The molecule has 2 N–H and O–H groups in total. The van der Waals surface area contributed by atoms with E-state index < -0.39 is 0 Å². The lowest BCUT2D eigenvalue weighted by Crippen LogP contribution is -2.37. The fourth-order valence-corrected chi connectivity index (χ4v) is 2.63. The summed E-state index contributed by atoms with van der Waals surface area (Å²) in [7, 11) is 2.06. The largest absolute Gasteiger partial charge is 0.329 e. The molecule has 0 amide bonds. The number of likely N-dealkylation sites (N-methyl/N-ethyl adjacent to an activating group) is 1. The Morgan fingerprint density at radius 3 is 2.72 bits per heavy atom. The molecule has 1 rings (SSSR count). The summed E-state index contributed by atoms with van der Waals surface area (Å²) < 4.78 is 13.3. The molecular weight excluding hydrogens is 247 g/mol. The molecule has 102 valence electrons. The van der Waals surface area contributed by atoms with Gasteiger partial charge in [0.25, 0.3) is 0 Å². The first-order valence-electron chi connectivity index (χ1n) is 6.26. The van der Waals surface area contributed by atoms with Crippen molar-refractivity contribution in [1.82, 2.24) is 4.90 Å². The normalized spacial score (nSPS) is 14.8.